The van der Waals surface area contributed by atoms with Crippen molar-refractivity contribution in [2.75, 3.05) is 6.26 Å². The van der Waals surface area contributed by atoms with Gasteiger partial charge >= 0.3 is 0 Å². The zero-order valence-corrected chi connectivity index (χ0v) is 18.7. The smallest absolute Gasteiger partial charge is 0.269 e. The summed E-state index contributed by atoms with van der Waals surface area (Å²) in [6, 6.07) is 20.3. The van der Waals surface area contributed by atoms with Crippen molar-refractivity contribution in [2.24, 2.45) is 0 Å². The number of nitrogens with one attached hydrogen (secondary N) is 1. The molecule has 0 saturated carbocycles. The second-order valence-corrected chi connectivity index (χ2v) is 8.34. The van der Waals surface area contributed by atoms with Gasteiger partial charge in [-0.25, -0.2) is 0 Å². The van der Waals surface area contributed by atoms with Gasteiger partial charge in [0, 0.05) is 63.6 Å². The summed E-state index contributed by atoms with van der Waals surface area (Å²) in [4.78, 5) is 25.5. The molecule has 0 saturated heterocycles. The number of rotatable bonds is 6. The van der Waals surface area contributed by atoms with Gasteiger partial charge in [0.25, 0.3) is 11.4 Å². The summed E-state index contributed by atoms with van der Waals surface area (Å²) in [5.74, 6) is 1.15. The molecule has 168 valence electrons. The molecule has 2 aromatic heterocycles. The lowest BCUT2D eigenvalue weighted by atomic mass is 10.00. The molecule has 0 aliphatic rings. The zero-order chi connectivity index (χ0) is 23.8. The van der Waals surface area contributed by atoms with E-state index in [-0.39, 0.29) is 11.4 Å². The second kappa shape index (κ2) is 8.53. The van der Waals surface area contributed by atoms with Gasteiger partial charge < -0.3 is 9.40 Å². The number of para-hydroxylation sites is 1. The van der Waals surface area contributed by atoms with Gasteiger partial charge in [-0.2, -0.15) is 0 Å². The number of nitro benzene ring substituents is 2. The minimum Gasteiger partial charge on any atom is -0.454 e. The first-order chi connectivity index (χ1) is 16.5. The Bertz CT molecular complexity index is 1540. The molecule has 0 radical (unpaired) electrons. The summed E-state index contributed by atoms with van der Waals surface area (Å²) in [6.07, 6.45) is 3.86. The summed E-state index contributed by atoms with van der Waals surface area (Å²) in [7, 11) is 0. The van der Waals surface area contributed by atoms with E-state index in [0.717, 1.165) is 26.9 Å². The molecule has 0 amide bonds. The average Bonchev–Trinajstić information content (AvgIpc) is 3.45. The van der Waals surface area contributed by atoms with Crippen LogP contribution in [0.15, 0.2) is 88.3 Å². The number of nitro groups is 2. The maximum atomic E-state index is 11.1. The summed E-state index contributed by atoms with van der Waals surface area (Å²) in [6.45, 7) is 0. The van der Waals surface area contributed by atoms with Crippen molar-refractivity contribution in [1.29, 1.82) is 0 Å². The summed E-state index contributed by atoms with van der Waals surface area (Å²) in [5.41, 5.74) is 4.13. The predicted molar refractivity (Wildman–Crippen MR) is 132 cm³/mol. The predicted octanol–water partition coefficient (Wildman–Crippen LogP) is 7.30. The van der Waals surface area contributed by atoms with Crippen LogP contribution in [0.3, 0.4) is 0 Å². The number of aromatic amines is 1. The van der Waals surface area contributed by atoms with E-state index in [1.807, 2.05) is 36.7 Å². The Morgan fingerprint density at radius 2 is 1.35 bits per heavy atom. The maximum absolute atomic E-state index is 11.1. The average molecular weight is 471 g/mol. The van der Waals surface area contributed by atoms with Crippen molar-refractivity contribution in [3.05, 3.63) is 99.2 Å². The molecule has 9 heteroatoms. The number of aromatic nitrogens is 1. The maximum Gasteiger partial charge on any atom is 0.269 e. The highest BCUT2D eigenvalue weighted by Crippen LogP contribution is 2.49. The molecule has 8 nitrogen and oxygen atoms in total. The number of nitrogens with zero attached hydrogens (tertiary/aromatic N) is 2. The Balaban J connectivity index is 1.77. The van der Waals surface area contributed by atoms with Crippen LogP contribution in [0.2, 0.25) is 0 Å². The molecule has 5 rings (SSSR count). The Morgan fingerprint density at radius 1 is 0.794 bits per heavy atom. The first-order valence-electron chi connectivity index (χ1n) is 10.2. The van der Waals surface area contributed by atoms with E-state index in [1.54, 1.807) is 24.3 Å². The first-order valence-corrected chi connectivity index (χ1v) is 11.5. The van der Waals surface area contributed by atoms with Gasteiger partial charge in [0.05, 0.1) is 14.7 Å². The standard InChI is InChI=1S/C25H17N3O5S/c1-34-25-22(20-14-26-21-5-3-2-4-19(20)21)23(15-6-10-17(11-7-15)27(29)30)33-24(25)16-8-12-18(13-9-16)28(31)32/h2-14,26H,1H3. The fourth-order valence-corrected chi connectivity index (χ4v) is 4.75. The van der Waals surface area contributed by atoms with Crippen molar-refractivity contribution >= 4 is 34.0 Å². The Hall–Kier alpha value is -4.37. The molecule has 0 aliphatic heterocycles. The van der Waals surface area contributed by atoms with Crippen molar-refractivity contribution in [2.45, 2.75) is 4.90 Å². The third-order valence-corrected chi connectivity index (χ3v) is 6.41. The lowest BCUT2D eigenvalue weighted by Crippen LogP contribution is -1.87. The number of thioether (sulfide) groups is 1. The van der Waals surface area contributed by atoms with E-state index < -0.39 is 9.85 Å². The number of H-pyrrole nitrogens is 1. The van der Waals surface area contributed by atoms with Gasteiger partial charge in [-0.1, -0.05) is 18.2 Å². The lowest BCUT2D eigenvalue weighted by molar-refractivity contribution is -0.385. The van der Waals surface area contributed by atoms with Crippen LogP contribution in [0.4, 0.5) is 11.4 Å². The minimum atomic E-state index is -0.443. The van der Waals surface area contributed by atoms with E-state index in [4.69, 9.17) is 4.42 Å². The molecule has 0 unspecified atom stereocenters. The highest BCUT2D eigenvalue weighted by molar-refractivity contribution is 7.98. The minimum absolute atomic E-state index is 0.00606. The van der Waals surface area contributed by atoms with Crippen LogP contribution >= 0.6 is 11.8 Å². The fraction of sp³-hybridized carbons (Fsp3) is 0.0400. The van der Waals surface area contributed by atoms with Crippen LogP contribution in [0.5, 0.6) is 0 Å². The van der Waals surface area contributed by atoms with Gasteiger partial charge in [0.1, 0.15) is 11.5 Å². The molecule has 34 heavy (non-hydrogen) atoms. The van der Waals surface area contributed by atoms with Gasteiger partial charge in [-0.05, 0) is 36.6 Å². The first kappa shape index (κ1) is 21.5. The number of fused-ring (bicyclic) bond motifs is 1. The van der Waals surface area contributed by atoms with Crippen LogP contribution in [0.25, 0.3) is 44.7 Å². The topological polar surface area (TPSA) is 115 Å². The second-order valence-electron chi connectivity index (χ2n) is 7.52. The third kappa shape index (κ3) is 3.61. The molecule has 0 bridgehead atoms. The molecular formula is C25H17N3O5S. The number of hydrogen-bond acceptors (Lipinski definition) is 6. The monoisotopic (exact) mass is 471 g/mol. The molecule has 0 spiro atoms. The van der Waals surface area contributed by atoms with Crippen molar-refractivity contribution in [3.63, 3.8) is 0 Å². The Labute approximate surface area is 197 Å². The van der Waals surface area contributed by atoms with Crippen LogP contribution in [0.1, 0.15) is 0 Å². The number of furan rings is 1. The van der Waals surface area contributed by atoms with Gasteiger partial charge in [-0.15, -0.1) is 11.8 Å². The molecule has 0 atom stereocenters. The Kier molecular flexibility index (Phi) is 5.39. The van der Waals surface area contributed by atoms with Gasteiger partial charge in [-0.3, -0.25) is 20.2 Å². The SMILES string of the molecule is CSc1c(-c2ccc([N+](=O)[O-])cc2)oc(-c2ccc([N+](=O)[O-])cc2)c1-c1c[nH]c2ccccc12. The lowest BCUT2D eigenvalue weighted by Gasteiger charge is -2.05. The van der Waals surface area contributed by atoms with Crippen molar-refractivity contribution < 1.29 is 14.3 Å². The van der Waals surface area contributed by atoms with Crippen LogP contribution in [-0.4, -0.2) is 21.1 Å². The molecule has 2 heterocycles. The largest absolute Gasteiger partial charge is 0.454 e. The highest BCUT2D eigenvalue weighted by Gasteiger charge is 2.26. The van der Waals surface area contributed by atoms with E-state index in [9.17, 15) is 20.2 Å². The van der Waals surface area contributed by atoms with Crippen LogP contribution in [-0.2, 0) is 0 Å². The van der Waals surface area contributed by atoms with Crippen molar-refractivity contribution in [1.82, 2.24) is 4.98 Å². The van der Waals surface area contributed by atoms with Crippen molar-refractivity contribution in [3.8, 4) is 33.8 Å². The number of non-ortho nitro benzene ring substituents is 2. The fourth-order valence-electron chi connectivity index (χ4n) is 4.00. The van der Waals surface area contributed by atoms with Gasteiger partial charge in [0.15, 0.2) is 0 Å². The third-order valence-electron chi connectivity index (χ3n) is 5.61. The molecule has 3 aromatic carbocycles. The normalized spacial score (nSPS) is 11.1. The van der Waals surface area contributed by atoms with Crippen LogP contribution < -0.4 is 0 Å². The molecule has 0 aliphatic carbocycles. The molecule has 5 aromatic rings. The summed E-state index contributed by atoms with van der Waals surface area (Å²) < 4.78 is 6.41. The van der Waals surface area contributed by atoms with E-state index in [1.165, 1.54) is 36.0 Å². The van der Waals surface area contributed by atoms with Crippen LogP contribution in [0, 0.1) is 20.2 Å². The number of hydrogen-bond donors (Lipinski definition) is 1. The summed E-state index contributed by atoms with van der Waals surface area (Å²) in [5, 5.41) is 23.2. The number of benzene rings is 3. The van der Waals surface area contributed by atoms with Gasteiger partial charge in [0.2, 0.25) is 0 Å². The summed E-state index contributed by atoms with van der Waals surface area (Å²) >= 11 is 1.51. The molecular weight excluding hydrogens is 454 g/mol. The molecule has 1 N–H and O–H groups in total. The van der Waals surface area contributed by atoms with E-state index in [0.29, 0.717) is 22.6 Å². The quantitative estimate of drug-likeness (QED) is 0.158. The van der Waals surface area contributed by atoms with E-state index >= 15 is 0 Å². The zero-order valence-electron chi connectivity index (χ0n) is 17.8. The van der Waals surface area contributed by atoms with E-state index in [2.05, 4.69) is 4.98 Å². The molecule has 0 fully saturated rings. The Morgan fingerprint density at radius 3 is 1.91 bits per heavy atom. The highest BCUT2D eigenvalue weighted by atomic mass is 32.2.